The average molecular weight is 330 g/mol. The predicted molar refractivity (Wildman–Crippen MR) is 91.8 cm³/mol. The van der Waals surface area contributed by atoms with Gasteiger partial charge in [0.2, 0.25) is 0 Å². The molecule has 3 heteroatoms. The zero-order valence-electron chi connectivity index (χ0n) is 15.0. The molecule has 24 heavy (non-hydrogen) atoms. The highest BCUT2D eigenvalue weighted by Gasteiger charge is 2.66. The highest BCUT2D eigenvalue weighted by molar-refractivity contribution is 5.31. The van der Waals surface area contributed by atoms with E-state index < -0.39 is 0 Å². The van der Waals surface area contributed by atoms with Gasteiger partial charge in [-0.3, -0.25) is 0 Å². The van der Waals surface area contributed by atoms with Crippen molar-refractivity contribution in [3.63, 3.8) is 0 Å². The Hall–Kier alpha value is -0.800. The number of aliphatic hydroxyl groups excluding tert-OH is 1. The third-order valence-corrected chi connectivity index (χ3v) is 8.83. The van der Waals surface area contributed by atoms with Crippen LogP contribution in [0.2, 0.25) is 0 Å². The lowest BCUT2D eigenvalue weighted by atomic mass is 9.45. The van der Waals surface area contributed by atoms with Gasteiger partial charge in [0.15, 0.2) is 0 Å². The van der Waals surface area contributed by atoms with Gasteiger partial charge in [-0.15, -0.1) is 0 Å². The maximum atomic E-state index is 10.1. The van der Waals surface area contributed by atoms with Crippen molar-refractivity contribution in [1.29, 1.82) is 0 Å². The van der Waals surface area contributed by atoms with Crippen LogP contribution in [-0.2, 0) is 11.2 Å². The number of ether oxygens (including phenoxy) is 1. The number of hydrogen-bond acceptors (Lipinski definition) is 3. The molecule has 2 bridgehead atoms. The first-order valence-corrected chi connectivity index (χ1v) is 9.79. The van der Waals surface area contributed by atoms with Gasteiger partial charge in [-0.1, -0.05) is 6.92 Å². The molecule has 0 radical (unpaired) electrons. The molecule has 1 aromatic heterocycles. The molecule has 3 fully saturated rings. The molecule has 0 unspecified atom stereocenters. The molecular weight excluding hydrogens is 300 g/mol. The lowest BCUT2D eigenvalue weighted by Crippen LogP contribution is -2.51. The largest absolute Gasteiger partial charge is 0.469 e. The number of methoxy groups -OCH3 is 1. The molecule has 5 rings (SSSR count). The van der Waals surface area contributed by atoms with E-state index in [0.717, 1.165) is 18.8 Å². The topological polar surface area (TPSA) is 42.6 Å². The molecule has 0 saturated heterocycles. The van der Waals surface area contributed by atoms with E-state index in [2.05, 4.69) is 13.0 Å². The fourth-order valence-corrected chi connectivity index (χ4v) is 7.79. The molecule has 0 aliphatic heterocycles. The van der Waals surface area contributed by atoms with Crippen molar-refractivity contribution in [2.75, 3.05) is 13.7 Å². The second kappa shape index (κ2) is 4.88. The van der Waals surface area contributed by atoms with Crippen molar-refractivity contribution >= 4 is 0 Å². The Morgan fingerprint density at radius 2 is 2.17 bits per heavy atom. The molecule has 1 heterocycles. The Balaban J connectivity index is 1.55. The van der Waals surface area contributed by atoms with Crippen molar-refractivity contribution in [1.82, 2.24) is 0 Å². The van der Waals surface area contributed by atoms with E-state index >= 15 is 0 Å². The van der Waals surface area contributed by atoms with Gasteiger partial charge in [0, 0.05) is 13.5 Å². The van der Waals surface area contributed by atoms with Gasteiger partial charge in [0.1, 0.15) is 5.76 Å². The van der Waals surface area contributed by atoms with E-state index in [-0.39, 0.29) is 12.2 Å². The average Bonchev–Trinajstić information content (AvgIpc) is 3.15. The minimum atomic E-state index is -0.270. The zero-order chi connectivity index (χ0) is 16.6. The lowest BCUT2D eigenvalue weighted by Gasteiger charge is -2.59. The minimum Gasteiger partial charge on any atom is -0.469 e. The molecular formula is C21H30O3. The normalized spacial score (nSPS) is 49.4. The van der Waals surface area contributed by atoms with E-state index in [1.54, 1.807) is 0 Å². The fourth-order valence-electron chi connectivity index (χ4n) is 7.79. The van der Waals surface area contributed by atoms with Gasteiger partial charge in [-0.05, 0) is 85.2 Å². The van der Waals surface area contributed by atoms with Crippen molar-refractivity contribution in [3.05, 3.63) is 23.7 Å². The van der Waals surface area contributed by atoms with Crippen molar-refractivity contribution in [3.8, 4) is 0 Å². The van der Waals surface area contributed by atoms with Crippen LogP contribution in [-0.4, -0.2) is 24.4 Å². The number of furan rings is 1. The maximum Gasteiger partial charge on any atom is 0.107 e. The third-order valence-electron chi connectivity index (χ3n) is 8.83. The van der Waals surface area contributed by atoms with Crippen LogP contribution in [0.4, 0.5) is 0 Å². The Labute approximate surface area is 144 Å². The molecule has 4 aliphatic rings. The third kappa shape index (κ3) is 1.71. The number of rotatable bonds is 2. The van der Waals surface area contributed by atoms with Crippen molar-refractivity contribution in [2.45, 2.75) is 69.8 Å². The first-order chi connectivity index (χ1) is 11.6. The number of aliphatic hydroxyl groups is 1. The Kier molecular flexibility index (Phi) is 3.14. The van der Waals surface area contributed by atoms with Crippen LogP contribution in [0.15, 0.2) is 16.7 Å². The second-order valence-corrected chi connectivity index (χ2v) is 9.39. The summed E-state index contributed by atoms with van der Waals surface area (Å²) in [5.41, 5.74) is 2.01. The summed E-state index contributed by atoms with van der Waals surface area (Å²) in [7, 11) is 1.81. The Morgan fingerprint density at radius 3 is 2.96 bits per heavy atom. The molecule has 1 aromatic rings. The summed E-state index contributed by atoms with van der Waals surface area (Å²) in [6.45, 7) is 2.75. The molecule has 1 spiro atoms. The quantitative estimate of drug-likeness (QED) is 0.879. The highest BCUT2D eigenvalue weighted by Crippen LogP contribution is 2.72. The zero-order valence-corrected chi connectivity index (χ0v) is 15.0. The predicted octanol–water partition coefficient (Wildman–Crippen LogP) is 4.29. The molecule has 3 saturated carbocycles. The monoisotopic (exact) mass is 330 g/mol. The van der Waals surface area contributed by atoms with E-state index in [1.807, 2.05) is 13.4 Å². The van der Waals surface area contributed by atoms with Gasteiger partial charge in [-0.2, -0.15) is 0 Å². The van der Waals surface area contributed by atoms with E-state index in [4.69, 9.17) is 9.15 Å². The SMILES string of the molecule is CO[C@]1(CO)C[C@@]23CC[C@@H]4c5ccoc5CC[C@@]4(C)[C@@H]2CC[C@@H]1C3. The van der Waals surface area contributed by atoms with Gasteiger partial charge < -0.3 is 14.3 Å². The van der Waals surface area contributed by atoms with E-state index in [9.17, 15) is 5.11 Å². The molecule has 132 valence electrons. The first-order valence-electron chi connectivity index (χ1n) is 9.79. The summed E-state index contributed by atoms with van der Waals surface area (Å²) < 4.78 is 11.7. The summed E-state index contributed by atoms with van der Waals surface area (Å²) in [6, 6.07) is 2.24. The molecule has 0 amide bonds. The van der Waals surface area contributed by atoms with Crippen LogP contribution in [0, 0.1) is 22.7 Å². The van der Waals surface area contributed by atoms with Crippen LogP contribution in [0.25, 0.3) is 0 Å². The summed E-state index contributed by atoms with van der Waals surface area (Å²) in [5.74, 6) is 3.23. The van der Waals surface area contributed by atoms with E-state index in [1.165, 1.54) is 49.8 Å². The first kappa shape index (κ1) is 15.5. The Bertz CT molecular complexity index is 645. The molecule has 3 nitrogen and oxygen atoms in total. The van der Waals surface area contributed by atoms with Crippen LogP contribution in [0.1, 0.15) is 69.1 Å². The van der Waals surface area contributed by atoms with Crippen LogP contribution < -0.4 is 0 Å². The van der Waals surface area contributed by atoms with Crippen molar-refractivity contribution < 1.29 is 14.3 Å². The Morgan fingerprint density at radius 1 is 1.29 bits per heavy atom. The number of hydrogen-bond donors (Lipinski definition) is 1. The highest BCUT2D eigenvalue weighted by atomic mass is 16.5. The summed E-state index contributed by atoms with van der Waals surface area (Å²) in [6.07, 6.45) is 11.7. The molecule has 4 aliphatic carbocycles. The van der Waals surface area contributed by atoms with Gasteiger partial charge in [0.05, 0.1) is 18.5 Å². The van der Waals surface area contributed by atoms with Crippen LogP contribution >= 0.6 is 0 Å². The van der Waals surface area contributed by atoms with Crippen LogP contribution in [0.3, 0.4) is 0 Å². The van der Waals surface area contributed by atoms with Crippen LogP contribution in [0.5, 0.6) is 0 Å². The van der Waals surface area contributed by atoms with Gasteiger partial charge in [0.25, 0.3) is 0 Å². The number of aryl methyl sites for hydroxylation is 1. The van der Waals surface area contributed by atoms with Gasteiger partial charge in [-0.25, -0.2) is 0 Å². The maximum absolute atomic E-state index is 10.1. The molecule has 0 aromatic carbocycles. The summed E-state index contributed by atoms with van der Waals surface area (Å²) in [5, 5.41) is 10.1. The summed E-state index contributed by atoms with van der Waals surface area (Å²) >= 11 is 0. The van der Waals surface area contributed by atoms with E-state index in [0.29, 0.717) is 22.7 Å². The van der Waals surface area contributed by atoms with Gasteiger partial charge >= 0.3 is 0 Å². The second-order valence-electron chi connectivity index (χ2n) is 9.39. The summed E-state index contributed by atoms with van der Waals surface area (Å²) in [4.78, 5) is 0. The minimum absolute atomic E-state index is 0.189. The molecule has 6 atom stereocenters. The number of fused-ring (bicyclic) bond motifs is 5. The van der Waals surface area contributed by atoms with Crippen molar-refractivity contribution in [2.24, 2.45) is 22.7 Å². The standard InChI is InChI=1S/C21H30O3/c1-19-8-6-17-15(7-10-24-17)16(19)5-9-20-11-14(3-4-18(19)20)21(12-20,13-22)23-2/h7,10,14,16,18,22H,3-6,8-9,11-13H2,1-2H3/t14-,16-,18+,19-,20+,21+/m1/s1. The molecule has 1 N–H and O–H groups in total. The lowest BCUT2D eigenvalue weighted by molar-refractivity contribution is -0.0860. The fraction of sp³-hybridized carbons (Fsp3) is 0.810. The smallest absolute Gasteiger partial charge is 0.107 e.